The number of nitrogens with one attached hydrogen (secondary N) is 7. The minimum absolute atomic E-state index is 0.0126. The zero-order valence-corrected chi connectivity index (χ0v) is 35.1. The maximum Gasteiger partial charge on any atom is 0.407 e. The first kappa shape index (κ1) is 42.6. The Labute approximate surface area is 354 Å². The fraction of sp³-hybridized carbons (Fsp3) is 0.279. The van der Waals surface area contributed by atoms with Crippen molar-refractivity contribution >= 4 is 39.5 Å². The molecule has 2 aromatic carbocycles. The molecule has 0 aliphatic carbocycles. The first-order valence-corrected chi connectivity index (χ1v) is 19.9. The van der Waals surface area contributed by atoms with Gasteiger partial charge in [0.15, 0.2) is 0 Å². The molecule has 0 spiro atoms. The van der Waals surface area contributed by atoms with Crippen molar-refractivity contribution in [1.82, 2.24) is 54.3 Å². The Balaban J connectivity index is 0.000000192. The van der Waals surface area contributed by atoms with Crippen molar-refractivity contribution in [2.45, 2.75) is 59.4 Å². The van der Waals surface area contributed by atoms with E-state index < -0.39 is 23.9 Å². The van der Waals surface area contributed by atoms with Crippen molar-refractivity contribution in [2.24, 2.45) is 0 Å². The number of aromatic nitrogens is 10. The number of fused-ring (bicyclic) bond motifs is 2. The highest BCUT2D eigenvalue weighted by atomic mass is 16.6. The van der Waals surface area contributed by atoms with Gasteiger partial charge in [0.05, 0.1) is 58.3 Å². The highest BCUT2D eigenvalue weighted by Gasteiger charge is 2.20. The molecule has 19 heteroatoms. The van der Waals surface area contributed by atoms with Gasteiger partial charge in [-0.25, -0.2) is 24.7 Å². The fourth-order valence-electron chi connectivity index (χ4n) is 6.70. The number of carbonyl (C=O) groups excluding carboxylic acids is 1. The predicted octanol–water partition coefficient (Wildman–Crippen LogP) is 4.91. The summed E-state index contributed by atoms with van der Waals surface area (Å²) in [5.41, 5.74) is 7.61. The number of ether oxygens (including phenoxy) is 1. The summed E-state index contributed by atoms with van der Waals surface area (Å²) in [6, 6.07) is 11.4. The number of aliphatic hydroxyl groups is 2. The van der Waals surface area contributed by atoms with Crippen LogP contribution in [0.4, 0.5) is 16.2 Å². The van der Waals surface area contributed by atoms with E-state index in [2.05, 4.69) is 55.8 Å². The number of pyridine rings is 2. The number of rotatable bonds is 12. The molecule has 0 saturated carbocycles. The largest absolute Gasteiger partial charge is 0.444 e. The average molecular weight is 844 g/mol. The predicted molar refractivity (Wildman–Crippen MR) is 237 cm³/mol. The molecule has 0 radical (unpaired) electrons. The summed E-state index contributed by atoms with van der Waals surface area (Å²) in [6.45, 7) is 11.3. The Morgan fingerprint density at radius 3 is 1.68 bits per heavy atom. The zero-order valence-electron chi connectivity index (χ0n) is 35.1. The number of H-pyrrole nitrogens is 4. The van der Waals surface area contributed by atoms with Crippen molar-refractivity contribution in [2.75, 3.05) is 30.3 Å². The van der Waals surface area contributed by atoms with Gasteiger partial charge < -0.3 is 60.0 Å². The standard InChI is InChI=1S/C24H29N7O4.C19H20N6O2/c1-14-9-15(31-8-7-25-13-31)10-18-20(14)30-21(29-18)19-17(5-6-26-22(19)33)27-11-16(32)12-28-23(34)35-24(2,3)4;1-11-7-13(25-6-5-20-10-25)8-15-17(11)24-18(23-15)16-14(22-9-12(2)26)3-4-21-19(16)27/h5-10,13,16,32H,11-12H2,1-4H3,(H,28,34)(H,29,30)(H2,26,27,33);3-8,10,12,26H,9H2,1-2H3,(H,23,24)(H2,21,22,27). The molecular formula is C43H49N13O6. The normalized spacial score (nSPS) is 12.5. The highest BCUT2D eigenvalue weighted by molar-refractivity contribution is 5.87. The van der Waals surface area contributed by atoms with Crippen LogP contribution in [0.5, 0.6) is 0 Å². The second-order valence-electron chi connectivity index (χ2n) is 15.8. The Morgan fingerprint density at radius 1 is 0.758 bits per heavy atom. The number of imidazole rings is 4. The van der Waals surface area contributed by atoms with E-state index in [0.29, 0.717) is 40.7 Å². The maximum atomic E-state index is 12.7. The Bertz CT molecular complexity index is 2920. The van der Waals surface area contributed by atoms with Crippen molar-refractivity contribution in [3.8, 4) is 34.2 Å². The third kappa shape index (κ3) is 9.91. The number of aromatic amines is 4. The minimum Gasteiger partial charge on any atom is -0.444 e. The Morgan fingerprint density at radius 2 is 1.24 bits per heavy atom. The summed E-state index contributed by atoms with van der Waals surface area (Å²) >= 11 is 0. The molecule has 6 heterocycles. The number of benzene rings is 2. The number of aryl methyl sites for hydroxylation is 2. The van der Waals surface area contributed by atoms with Crippen LogP contribution in [0.15, 0.2) is 95.8 Å². The summed E-state index contributed by atoms with van der Waals surface area (Å²) < 4.78 is 8.98. The van der Waals surface area contributed by atoms with Gasteiger partial charge in [-0.1, -0.05) is 0 Å². The number of alkyl carbamates (subject to hydrolysis) is 1. The van der Waals surface area contributed by atoms with Crippen LogP contribution in [0.3, 0.4) is 0 Å². The number of anilines is 2. The van der Waals surface area contributed by atoms with Crippen LogP contribution >= 0.6 is 0 Å². The molecule has 322 valence electrons. The molecule has 2 atom stereocenters. The maximum absolute atomic E-state index is 12.7. The van der Waals surface area contributed by atoms with Crippen LogP contribution in [0.2, 0.25) is 0 Å². The van der Waals surface area contributed by atoms with E-state index >= 15 is 0 Å². The Kier molecular flexibility index (Phi) is 12.4. The third-order valence-corrected chi connectivity index (χ3v) is 9.52. The van der Waals surface area contributed by atoms with Crippen LogP contribution in [-0.4, -0.2) is 103 Å². The number of hydrogen-bond acceptors (Lipinski definition) is 12. The van der Waals surface area contributed by atoms with Gasteiger partial charge in [0.2, 0.25) is 0 Å². The number of amides is 1. The van der Waals surface area contributed by atoms with Gasteiger partial charge >= 0.3 is 6.09 Å². The SMILES string of the molecule is Cc1cc(-n2ccnc2)cc2[nH]c(-c3c(NCC(C)O)cc[nH]c3=O)nc12.Cc1cc(-n2ccnc2)cc2[nH]c(-c3c(NCC(O)CNC(=O)OC(C)(C)C)cc[nH]c3=O)nc12. The van der Waals surface area contributed by atoms with Crippen molar-refractivity contribution in [1.29, 1.82) is 0 Å². The zero-order chi connectivity index (χ0) is 44.1. The van der Waals surface area contributed by atoms with E-state index in [-0.39, 0.29) is 24.2 Å². The van der Waals surface area contributed by atoms with Gasteiger partial charge in [-0.3, -0.25) is 9.59 Å². The molecule has 0 aliphatic heterocycles. The summed E-state index contributed by atoms with van der Waals surface area (Å²) in [6.07, 6.45) is 11.6. The monoisotopic (exact) mass is 843 g/mol. The van der Waals surface area contributed by atoms with Gasteiger partial charge in [-0.15, -0.1) is 0 Å². The molecule has 62 heavy (non-hydrogen) atoms. The molecule has 1 amide bonds. The van der Waals surface area contributed by atoms with E-state index in [1.54, 1.807) is 71.1 Å². The third-order valence-electron chi connectivity index (χ3n) is 9.52. The van der Waals surface area contributed by atoms with Gasteiger partial charge in [0.1, 0.15) is 28.4 Å². The molecule has 0 fully saturated rings. The van der Waals surface area contributed by atoms with Gasteiger partial charge in [-0.2, -0.15) is 0 Å². The molecule has 2 unspecified atom stereocenters. The molecule has 19 nitrogen and oxygen atoms in total. The second-order valence-corrected chi connectivity index (χ2v) is 15.8. The highest BCUT2D eigenvalue weighted by Crippen LogP contribution is 2.29. The lowest BCUT2D eigenvalue weighted by Crippen LogP contribution is -2.39. The lowest BCUT2D eigenvalue weighted by atomic mass is 10.2. The summed E-state index contributed by atoms with van der Waals surface area (Å²) in [4.78, 5) is 66.4. The van der Waals surface area contributed by atoms with E-state index in [9.17, 15) is 24.6 Å². The van der Waals surface area contributed by atoms with E-state index in [4.69, 9.17) is 4.74 Å². The molecule has 0 bridgehead atoms. The second kappa shape index (κ2) is 18.0. The van der Waals surface area contributed by atoms with E-state index in [1.807, 2.05) is 59.6 Å². The number of aliphatic hydroxyl groups excluding tert-OH is 2. The minimum atomic E-state index is -0.912. The lowest BCUT2D eigenvalue weighted by molar-refractivity contribution is 0.0496. The summed E-state index contributed by atoms with van der Waals surface area (Å²) in [7, 11) is 0. The first-order valence-electron chi connectivity index (χ1n) is 19.9. The van der Waals surface area contributed by atoms with Gasteiger partial charge in [0.25, 0.3) is 11.1 Å². The topological polar surface area (TPSA) is 262 Å². The molecule has 0 aliphatic rings. The molecule has 8 rings (SSSR count). The average Bonchev–Trinajstić information content (AvgIpc) is 4.06. The number of nitrogens with zero attached hydrogens (tertiary/aromatic N) is 6. The first-order chi connectivity index (χ1) is 29.6. The van der Waals surface area contributed by atoms with Crippen molar-refractivity contribution < 1.29 is 19.7 Å². The molecule has 0 saturated heterocycles. The van der Waals surface area contributed by atoms with E-state index in [1.165, 1.54) is 6.20 Å². The van der Waals surface area contributed by atoms with Crippen molar-refractivity contribution in [3.05, 3.63) is 118 Å². The Hall–Kier alpha value is -7.51. The molecule has 6 aromatic heterocycles. The summed E-state index contributed by atoms with van der Waals surface area (Å²) in [5.74, 6) is 0.877. The quantitative estimate of drug-likeness (QED) is 0.0795. The van der Waals surface area contributed by atoms with Crippen LogP contribution in [0, 0.1) is 13.8 Å². The fourth-order valence-corrected chi connectivity index (χ4v) is 6.70. The number of hydrogen-bond donors (Lipinski definition) is 9. The van der Waals surface area contributed by atoms with Crippen LogP contribution < -0.4 is 27.1 Å². The van der Waals surface area contributed by atoms with Gasteiger partial charge in [0, 0.05) is 68.2 Å². The number of carbonyl (C=O) groups is 1. The summed E-state index contributed by atoms with van der Waals surface area (Å²) in [5, 5.41) is 28.6. The van der Waals surface area contributed by atoms with Crippen molar-refractivity contribution in [3.63, 3.8) is 0 Å². The van der Waals surface area contributed by atoms with Crippen LogP contribution in [0.25, 0.3) is 56.2 Å². The molecule has 8 aromatic rings. The van der Waals surface area contributed by atoms with Crippen LogP contribution in [-0.2, 0) is 4.74 Å². The lowest BCUT2D eigenvalue weighted by Gasteiger charge is -2.21. The van der Waals surface area contributed by atoms with Gasteiger partial charge in [-0.05, 0) is 89.1 Å². The van der Waals surface area contributed by atoms with Crippen LogP contribution in [0.1, 0.15) is 38.8 Å². The van der Waals surface area contributed by atoms with E-state index in [0.717, 1.165) is 44.6 Å². The molecular weight excluding hydrogens is 795 g/mol. The smallest absolute Gasteiger partial charge is 0.407 e. The molecule has 9 N–H and O–H groups in total.